The van der Waals surface area contributed by atoms with E-state index in [2.05, 4.69) is 0 Å². The fourth-order valence-corrected chi connectivity index (χ4v) is 1.24. The number of carbonyl (C=O) groups is 2. The summed E-state index contributed by atoms with van der Waals surface area (Å²) in [5, 5.41) is 55.0. The molecule has 0 atom stereocenters. The highest BCUT2D eigenvalue weighted by Crippen LogP contribution is 2.28. The number of aromatic carboxylic acids is 2. The smallest absolute Gasteiger partial charge is 0.106 e. The van der Waals surface area contributed by atoms with Crippen LogP contribution in [0.4, 0.5) is 11.4 Å². The van der Waals surface area contributed by atoms with Crippen molar-refractivity contribution in [2.75, 3.05) is 10.5 Å². The molecule has 0 bridgehead atoms. The Morgan fingerprint density at radius 1 is 0.833 bits per heavy atom. The number of carboxylic acid groups (broad SMARTS) is 2. The molecule has 0 saturated carbocycles. The van der Waals surface area contributed by atoms with Gasteiger partial charge in [-0.05, 0) is 12.1 Å². The lowest BCUT2D eigenvalue weighted by atomic mass is 10.1. The molecule has 0 aliphatic heterocycles. The van der Waals surface area contributed by atoms with Crippen molar-refractivity contribution in [2.24, 2.45) is 0 Å². The summed E-state index contributed by atoms with van der Waals surface area (Å²) in [5.41, 5.74) is -3.46. The van der Waals surface area contributed by atoms with Gasteiger partial charge in [-0.2, -0.15) is 0 Å². The maximum atomic E-state index is 10.7. The van der Waals surface area contributed by atoms with Crippen LogP contribution in [0.15, 0.2) is 12.1 Å². The van der Waals surface area contributed by atoms with Crippen molar-refractivity contribution in [2.45, 2.75) is 0 Å². The van der Waals surface area contributed by atoms with Crippen LogP contribution in [0.2, 0.25) is 0 Å². The molecule has 4 N–H and O–H groups in total. The number of hydrogen-bond donors (Lipinski definition) is 4. The lowest BCUT2D eigenvalue weighted by Crippen LogP contribution is -2.30. The number of hydrogen-bond acceptors (Lipinski definition) is 10. The van der Waals surface area contributed by atoms with Crippen LogP contribution in [0.1, 0.15) is 20.7 Å². The summed E-state index contributed by atoms with van der Waals surface area (Å²) in [6.45, 7) is 0. The van der Waals surface area contributed by atoms with Crippen molar-refractivity contribution >= 4 is 23.3 Å². The van der Waals surface area contributed by atoms with Crippen LogP contribution in [-0.4, -0.2) is 32.8 Å². The third-order valence-corrected chi connectivity index (χ3v) is 1.98. The average molecular weight is 258 g/mol. The van der Waals surface area contributed by atoms with Gasteiger partial charge in [0.15, 0.2) is 0 Å². The van der Waals surface area contributed by atoms with Crippen molar-refractivity contribution in [3.05, 3.63) is 23.3 Å². The maximum Gasteiger partial charge on any atom is 0.106 e. The Hall–Kier alpha value is -2.40. The van der Waals surface area contributed by atoms with Crippen LogP contribution in [0.25, 0.3) is 0 Å². The molecule has 10 nitrogen and oxygen atoms in total. The summed E-state index contributed by atoms with van der Waals surface area (Å²) in [5.74, 6) is -3.82. The van der Waals surface area contributed by atoms with E-state index in [9.17, 15) is 19.8 Å². The van der Waals surface area contributed by atoms with Crippen molar-refractivity contribution in [3.8, 4) is 0 Å². The van der Waals surface area contributed by atoms with Gasteiger partial charge in [0.05, 0.1) is 11.9 Å². The lowest BCUT2D eigenvalue weighted by Gasteiger charge is -2.20. The van der Waals surface area contributed by atoms with Gasteiger partial charge < -0.3 is 19.8 Å². The first-order valence-electron chi connectivity index (χ1n) is 4.22. The van der Waals surface area contributed by atoms with Crippen molar-refractivity contribution < 1.29 is 40.6 Å². The molecule has 0 aliphatic carbocycles. The van der Waals surface area contributed by atoms with Gasteiger partial charge in [-0.3, -0.25) is 20.8 Å². The first kappa shape index (κ1) is 13.7. The van der Waals surface area contributed by atoms with Crippen molar-refractivity contribution in [1.29, 1.82) is 0 Å². The predicted molar refractivity (Wildman–Crippen MR) is 47.2 cm³/mol. The van der Waals surface area contributed by atoms with Crippen LogP contribution < -0.4 is 20.7 Å². The molecule has 0 heterocycles. The standard InChI is InChI=1S/C8H8N2O8/c11-7(12)3-1-4(8(13)14)6(10(17)18)2-5(3)9(15)16/h1-2,15-18H,(H,11,12)(H,13,14)/p-2. The van der Waals surface area contributed by atoms with E-state index in [0.29, 0.717) is 12.1 Å². The number of carboxylic acids is 2. The normalized spacial score (nSPS) is 10.0. The van der Waals surface area contributed by atoms with E-state index in [1.807, 2.05) is 0 Å². The monoisotopic (exact) mass is 258 g/mol. The van der Waals surface area contributed by atoms with Gasteiger partial charge in [-0.1, -0.05) is 0 Å². The minimum absolute atomic E-state index is 0.425. The van der Waals surface area contributed by atoms with Crippen molar-refractivity contribution in [1.82, 2.24) is 0 Å². The molecule has 0 aliphatic rings. The fourth-order valence-electron chi connectivity index (χ4n) is 1.24. The average Bonchev–Trinajstić information content (AvgIpc) is 2.26. The van der Waals surface area contributed by atoms with Gasteiger partial charge in [0.2, 0.25) is 0 Å². The quantitative estimate of drug-likeness (QED) is 0.426. The number of anilines is 2. The summed E-state index contributed by atoms with van der Waals surface area (Å²) in [7, 11) is 0. The third-order valence-electron chi connectivity index (χ3n) is 1.98. The summed E-state index contributed by atoms with van der Waals surface area (Å²) < 4.78 is 0. The molecule has 98 valence electrons. The molecular weight excluding hydrogens is 252 g/mol. The molecule has 1 aromatic carbocycles. The largest absolute Gasteiger partial charge is 0.545 e. The Bertz CT molecular complexity index is 457. The highest BCUT2D eigenvalue weighted by Gasteiger charge is 2.17. The van der Waals surface area contributed by atoms with Gasteiger partial charge in [-0.25, -0.2) is 0 Å². The van der Waals surface area contributed by atoms with Gasteiger partial charge in [0.25, 0.3) is 0 Å². The topological polar surface area (TPSA) is 168 Å². The number of carbonyl (C=O) groups excluding carboxylic acids is 2. The molecule has 0 unspecified atom stereocenters. The Balaban J connectivity index is 3.60. The molecule has 0 radical (unpaired) electrons. The minimum Gasteiger partial charge on any atom is -0.545 e. The van der Waals surface area contributed by atoms with Crippen LogP contribution in [0.3, 0.4) is 0 Å². The number of nitrogens with zero attached hydrogens (tertiary/aromatic N) is 2. The van der Waals surface area contributed by atoms with Crippen LogP contribution in [-0.2, 0) is 0 Å². The Morgan fingerprint density at radius 3 is 1.39 bits per heavy atom. The lowest BCUT2D eigenvalue weighted by molar-refractivity contribution is -0.255. The highest BCUT2D eigenvalue weighted by atomic mass is 16.8. The molecule has 0 spiro atoms. The predicted octanol–water partition coefficient (Wildman–Crippen LogP) is -2.42. The second-order valence-corrected chi connectivity index (χ2v) is 3.04. The fraction of sp³-hybridized carbons (Fsp3) is 0. The second-order valence-electron chi connectivity index (χ2n) is 3.04. The van der Waals surface area contributed by atoms with Crippen LogP contribution >= 0.6 is 0 Å². The van der Waals surface area contributed by atoms with Crippen molar-refractivity contribution in [3.63, 3.8) is 0 Å². The number of rotatable bonds is 4. The molecule has 10 heteroatoms. The van der Waals surface area contributed by atoms with Gasteiger partial charge >= 0.3 is 0 Å². The molecule has 1 aromatic rings. The van der Waals surface area contributed by atoms with E-state index in [1.54, 1.807) is 0 Å². The zero-order valence-corrected chi connectivity index (χ0v) is 8.47. The van der Waals surface area contributed by atoms with E-state index in [1.165, 1.54) is 0 Å². The third kappa shape index (κ3) is 2.46. The molecule has 0 saturated heterocycles. The molecule has 0 fully saturated rings. The SMILES string of the molecule is O=C([O-])c1cc(C(=O)[O-])c(N(O)O)cc1N(O)O. The van der Waals surface area contributed by atoms with Crippen LogP contribution in [0.5, 0.6) is 0 Å². The van der Waals surface area contributed by atoms with E-state index >= 15 is 0 Å². The first-order chi connectivity index (χ1) is 8.25. The molecular formula is C8H6N2O8-2. The van der Waals surface area contributed by atoms with Gasteiger partial charge in [-0.15, -0.1) is 10.5 Å². The maximum absolute atomic E-state index is 10.7. The summed E-state index contributed by atoms with van der Waals surface area (Å²) >= 11 is 0. The summed E-state index contributed by atoms with van der Waals surface area (Å²) in [4.78, 5) is 21.3. The molecule has 0 amide bonds. The molecule has 1 rings (SSSR count). The Labute approximate surface area is 98.6 Å². The van der Waals surface area contributed by atoms with E-state index in [-0.39, 0.29) is 0 Å². The zero-order chi connectivity index (χ0) is 14.0. The first-order valence-corrected chi connectivity index (χ1v) is 4.22. The zero-order valence-electron chi connectivity index (χ0n) is 8.47. The van der Waals surface area contributed by atoms with E-state index in [0.717, 1.165) is 0 Å². The molecule has 0 aromatic heterocycles. The Morgan fingerprint density at radius 2 is 1.17 bits per heavy atom. The molecule has 18 heavy (non-hydrogen) atoms. The summed E-state index contributed by atoms with van der Waals surface area (Å²) in [6.07, 6.45) is 0. The van der Waals surface area contributed by atoms with Gasteiger partial charge in [0, 0.05) is 11.1 Å². The van der Waals surface area contributed by atoms with E-state index < -0.39 is 44.9 Å². The van der Waals surface area contributed by atoms with Gasteiger partial charge in [0.1, 0.15) is 11.4 Å². The van der Waals surface area contributed by atoms with E-state index in [4.69, 9.17) is 20.8 Å². The highest BCUT2D eigenvalue weighted by molar-refractivity contribution is 6.00. The number of benzene rings is 1. The minimum atomic E-state index is -1.91. The summed E-state index contributed by atoms with van der Waals surface area (Å²) in [6, 6.07) is 0.907. The van der Waals surface area contributed by atoms with Crippen LogP contribution in [0, 0.1) is 0 Å². The Kier molecular flexibility index (Phi) is 3.68. The second kappa shape index (κ2) is 4.85.